The van der Waals surface area contributed by atoms with Gasteiger partial charge in [0.1, 0.15) is 0 Å². The highest BCUT2D eigenvalue weighted by Gasteiger charge is 2.22. The van der Waals surface area contributed by atoms with E-state index in [1.165, 1.54) is 18.4 Å². The molecule has 0 saturated heterocycles. The Kier molecular flexibility index (Phi) is 5.40. The molecule has 0 radical (unpaired) electrons. The first kappa shape index (κ1) is 14.1. The number of hydrogen-bond donors (Lipinski definition) is 2. The van der Waals surface area contributed by atoms with E-state index in [-0.39, 0.29) is 5.91 Å². The van der Waals surface area contributed by atoms with Gasteiger partial charge in [-0.2, -0.15) is 0 Å². The lowest BCUT2D eigenvalue weighted by Gasteiger charge is -2.29. The predicted molar refractivity (Wildman–Crippen MR) is 78.1 cm³/mol. The number of benzene rings is 1. The molecule has 1 fully saturated rings. The van der Waals surface area contributed by atoms with Gasteiger partial charge in [-0.1, -0.05) is 37.3 Å². The minimum absolute atomic E-state index is 0.130. The summed E-state index contributed by atoms with van der Waals surface area (Å²) in [5.41, 5.74) is 1.44. The zero-order valence-corrected chi connectivity index (χ0v) is 11.7. The molecule has 1 amide bonds. The summed E-state index contributed by atoms with van der Waals surface area (Å²) >= 11 is 0. The van der Waals surface area contributed by atoms with E-state index in [0.29, 0.717) is 18.5 Å². The third-order valence-electron chi connectivity index (χ3n) is 3.90. The smallest absolute Gasteiger partial charge is 0.234 e. The molecular weight excluding hydrogens is 236 g/mol. The van der Waals surface area contributed by atoms with Crippen LogP contribution in [0.1, 0.15) is 44.1 Å². The van der Waals surface area contributed by atoms with E-state index in [1.54, 1.807) is 0 Å². The molecule has 1 aromatic rings. The highest BCUT2D eigenvalue weighted by Crippen LogP contribution is 2.32. The highest BCUT2D eigenvalue weighted by molar-refractivity contribution is 5.78. The van der Waals surface area contributed by atoms with E-state index >= 15 is 0 Å². The second-order valence-corrected chi connectivity index (χ2v) is 5.31. The first-order valence-corrected chi connectivity index (χ1v) is 7.34. The zero-order chi connectivity index (χ0) is 13.5. The summed E-state index contributed by atoms with van der Waals surface area (Å²) in [6.45, 7) is 3.29. The van der Waals surface area contributed by atoms with Crippen LogP contribution in [-0.2, 0) is 4.79 Å². The molecule has 104 valence electrons. The fraction of sp³-hybridized carbons (Fsp3) is 0.562. The van der Waals surface area contributed by atoms with E-state index in [9.17, 15) is 4.79 Å². The monoisotopic (exact) mass is 260 g/mol. The maximum atomic E-state index is 11.6. The van der Waals surface area contributed by atoms with E-state index < -0.39 is 0 Å². The average Bonchev–Trinajstić information content (AvgIpc) is 2.47. The van der Waals surface area contributed by atoms with E-state index in [4.69, 9.17) is 0 Å². The molecule has 1 aromatic carbocycles. The van der Waals surface area contributed by atoms with Crippen LogP contribution in [0.15, 0.2) is 30.3 Å². The number of carbonyl (C=O) groups is 1. The third-order valence-corrected chi connectivity index (χ3v) is 3.90. The standard InChI is InChI=1S/C16H24N2O/c1-2-17-12-16(19)18-15-10-8-14(9-11-15)13-6-4-3-5-7-13/h3-7,14-15,17H,2,8-12H2,1H3,(H,18,19). The van der Waals surface area contributed by atoms with Gasteiger partial charge in [-0.15, -0.1) is 0 Å². The van der Waals surface area contributed by atoms with Crippen LogP contribution >= 0.6 is 0 Å². The van der Waals surface area contributed by atoms with Crippen LogP contribution in [0.2, 0.25) is 0 Å². The van der Waals surface area contributed by atoms with Gasteiger partial charge in [0.05, 0.1) is 6.54 Å². The van der Waals surface area contributed by atoms with Gasteiger partial charge in [-0.25, -0.2) is 0 Å². The Morgan fingerprint density at radius 3 is 2.47 bits per heavy atom. The number of nitrogens with one attached hydrogen (secondary N) is 2. The maximum Gasteiger partial charge on any atom is 0.234 e. The molecule has 1 aliphatic carbocycles. The van der Waals surface area contributed by atoms with Crippen LogP contribution in [0.25, 0.3) is 0 Å². The Hall–Kier alpha value is -1.35. The van der Waals surface area contributed by atoms with Crippen molar-refractivity contribution in [3.63, 3.8) is 0 Å². The summed E-state index contributed by atoms with van der Waals surface area (Å²) in [5, 5.41) is 6.18. The normalized spacial score (nSPS) is 23.0. The van der Waals surface area contributed by atoms with Crippen molar-refractivity contribution in [3.8, 4) is 0 Å². The Morgan fingerprint density at radius 2 is 1.84 bits per heavy atom. The van der Waals surface area contributed by atoms with Crippen molar-refractivity contribution >= 4 is 5.91 Å². The van der Waals surface area contributed by atoms with Crippen molar-refractivity contribution in [3.05, 3.63) is 35.9 Å². The van der Waals surface area contributed by atoms with Crippen LogP contribution in [0.3, 0.4) is 0 Å². The molecule has 0 unspecified atom stereocenters. The zero-order valence-electron chi connectivity index (χ0n) is 11.7. The summed E-state index contributed by atoms with van der Waals surface area (Å²) in [4.78, 5) is 11.6. The summed E-state index contributed by atoms with van der Waals surface area (Å²) < 4.78 is 0. The quantitative estimate of drug-likeness (QED) is 0.854. The average molecular weight is 260 g/mol. The highest BCUT2D eigenvalue weighted by atomic mass is 16.1. The first-order chi connectivity index (χ1) is 9.29. The van der Waals surface area contributed by atoms with Crippen molar-refractivity contribution < 1.29 is 4.79 Å². The molecule has 2 rings (SSSR count). The number of rotatable bonds is 5. The first-order valence-electron chi connectivity index (χ1n) is 7.34. The van der Waals surface area contributed by atoms with Gasteiger partial charge >= 0.3 is 0 Å². The molecule has 1 saturated carbocycles. The van der Waals surface area contributed by atoms with Gasteiger partial charge in [0, 0.05) is 6.04 Å². The molecule has 3 heteroatoms. The fourth-order valence-electron chi connectivity index (χ4n) is 2.81. The van der Waals surface area contributed by atoms with E-state index in [1.807, 2.05) is 6.92 Å². The number of hydrogen-bond acceptors (Lipinski definition) is 2. The summed E-state index contributed by atoms with van der Waals surface area (Å²) in [5.74, 6) is 0.799. The lowest BCUT2D eigenvalue weighted by Crippen LogP contribution is -2.41. The molecule has 19 heavy (non-hydrogen) atoms. The minimum Gasteiger partial charge on any atom is -0.352 e. The molecular formula is C16H24N2O. The third kappa shape index (κ3) is 4.35. The van der Waals surface area contributed by atoms with Crippen molar-refractivity contribution in [1.29, 1.82) is 0 Å². The van der Waals surface area contributed by atoms with Crippen molar-refractivity contribution in [2.45, 2.75) is 44.6 Å². The maximum absolute atomic E-state index is 11.6. The number of amides is 1. The second kappa shape index (κ2) is 7.29. The topological polar surface area (TPSA) is 41.1 Å². The molecule has 2 N–H and O–H groups in total. The molecule has 0 atom stereocenters. The van der Waals surface area contributed by atoms with Crippen molar-refractivity contribution in [1.82, 2.24) is 10.6 Å². The van der Waals surface area contributed by atoms with Gasteiger partial charge < -0.3 is 10.6 Å². The number of carbonyl (C=O) groups excluding carboxylic acids is 1. The van der Waals surface area contributed by atoms with Crippen LogP contribution in [-0.4, -0.2) is 25.0 Å². The van der Waals surface area contributed by atoms with Crippen molar-refractivity contribution in [2.24, 2.45) is 0 Å². The second-order valence-electron chi connectivity index (χ2n) is 5.31. The summed E-state index contributed by atoms with van der Waals surface area (Å²) in [7, 11) is 0. The fourth-order valence-corrected chi connectivity index (χ4v) is 2.81. The summed E-state index contributed by atoms with van der Waals surface area (Å²) in [6, 6.07) is 11.1. The van der Waals surface area contributed by atoms with Crippen LogP contribution < -0.4 is 10.6 Å². The molecule has 0 bridgehead atoms. The predicted octanol–water partition coefficient (Wildman–Crippen LogP) is 2.44. The molecule has 0 aromatic heterocycles. The molecule has 0 spiro atoms. The van der Waals surface area contributed by atoms with Gasteiger partial charge in [0.15, 0.2) is 0 Å². The Labute approximate surface area is 115 Å². The van der Waals surface area contributed by atoms with Crippen molar-refractivity contribution in [2.75, 3.05) is 13.1 Å². The van der Waals surface area contributed by atoms with Gasteiger partial charge in [0.2, 0.25) is 5.91 Å². The van der Waals surface area contributed by atoms with Gasteiger partial charge in [0.25, 0.3) is 0 Å². The Morgan fingerprint density at radius 1 is 1.16 bits per heavy atom. The van der Waals surface area contributed by atoms with E-state index in [0.717, 1.165) is 19.4 Å². The molecule has 3 nitrogen and oxygen atoms in total. The Bertz CT molecular complexity index is 383. The minimum atomic E-state index is 0.130. The lowest BCUT2D eigenvalue weighted by molar-refractivity contribution is -0.121. The van der Waals surface area contributed by atoms with Gasteiger partial charge in [-0.3, -0.25) is 4.79 Å². The summed E-state index contributed by atoms with van der Waals surface area (Å²) in [6.07, 6.45) is 4.54. The van der Waals surface area contributed by atoms with Crippen LogP contribution in [0.4, 0.5) is 0 Å². The largest absolute Gasteiger partial charge is 0.352 e. The molecule has 0 aliphatic heterocycles. The molecule has 0 heterocycles. The van der Waals surface area contributed by atoms with Crippen LogP contribution in [0, 0.1) is 0 Å². The lowest BCUT2D eigenvalue weighted by atomic mass is 9.82. The Balaban J connectivity index is 1.75. The van der Waals surface area contributed by atoms with Crippen LogP contribution in [0.5, 0.6) is 0 Å². The molecule has 1 aliphatic rings. The SMILES string of the molecule is CCNCC(=O)NC1CCC(c2ccccc2)CC1. The van der Waals surface area contributed by atoms with E-state index in [2.05, 4.69) is 41.0 Å². The number of likely N-dealkylation sites (N-methyl/N-ethyl adjacent to an activating group) is 1. The van der Waals surface area contributed by atoms with Gasteiger partial charge in [-0.05, 0) is 43.7 Å².